The molecule has 3 heteroatoms. The molecule has 0 radical (unpaired) electrons. The molecule has 25 heavy (non-hydrogen) atoms. The second-order valence-electron chi connectivity index (χ2n) is 9.39. The Bertz CT molecular complexity index is 727. The first kappa shape index (κ1) is 15.0. The van der Waals surface area contributed by atoms with Gasteiger partial charge >= 0.3 is 0 Å². The average molecular weight is 339 g/mol. The number of hydrogen-bond donors (Lipinski definition) is 1. The first-order valence-electron chi connectivity index (χ1n) is 10.4. The van der Waals surface area contributed by atoms with Crippen LogP contribution in [0.25, 0.3) is 0 Å². The molecule has 1 unspecified atom stereocenters. The molecule has 2 heterocycles. The molecule has 3 fully saturated rings. The van der Waals surface area contributed by atoms with Gasteiger partial charge in [-0.1, -0.05) is 18.6 Å². The van der Waals surface area contributed by atoms with Gasteiger partial charge in [-0.3, -0.25) is 4.90 Å². The largest absolute Gasteiger partial charge is 0.486 e. The molecule has 5 atom stereocenters. The fourth-order valence-corrected chi connectivity index (χ4v) is 6.98. The third kappa shape index (κ3) is 1.79. The van der Waals surface area contributed by atoms with Gasteiger partial charge in [-0.15, -0.1) is 0 Å². The molecular weight excluding hydrogens is 310 g/mol. The maximum atomic E-state index is 10.8. The zero-order valence-electron chi connectivity index (χ0n) is 15.2. The number of ether oxygens (including phenoxy) is 1. The standard InChI is InChI=1S/C22H29NO2/c1-13-5-6-15-11-17-16-7-8-18(24)21-22(16,19(15)20(13)25-21)9-10-23(17)12-14-3-2-4-14/h5-6,14,16-18,21,24H,2-4,7-12H2,1H3/t16-,17+,18-,21?,22-/m0/s1. The molecule has 2 saturated carbocycles. The van der Waals surface area contributed by atoms with Crippen LogP contribution < -0.4 is 4.74 Å². The third-order valence-electron chi connectivity index (χ3n) is 8.34. The molecule has 1 aromatic rings. The van der Waals surface area contributed by atoms with Crippen LogP contribution in [-0.2, 0) is 11.8 Å². The number of rotatable bonds is 2. The van der Waals surface area contributed by atoms with E-state index < -0.39 is 0 Å². The van der Waals surface area contributed by atoms with Gasteiger partial charge in [0.15, 0.2) is 0 Å². The molecule has 5 aliphatic rings. The second-order valence-corrected chi connectivity index (χ2v) is 9.39. The molecule has 1 saturated heterocycles. The predicted octanol–water partition coefficient (Wildman–Crippen LogP) is 3.20. The number of aliphatic hydroxyl groups excluding tert-OH is 1. The van der Waals surface area contributed by atoms with Crippen LogP contribution in [0, 0.1) is 18.8 Å². The van der Waals surface area contributed by atoms with Crippen LogP contribution in [0.5, 0.6) is 5.75 Å². The summed E-state index contributed by atoms with van der Waals surface area (Å²) in [4.78, 5) is 2.83. The average Bonchev–Trinajstić information content (AvgIpc) is 2.92. The highest BCUT2D eigenvalue weighted by Crippen LogP contribution is 2.62. The lowest BCUT2D eigenvalue weighted by Crippen LogP contribution is -2.67. The summed E-state index contributed by atoms with van der Waals surface area (Å²) in [6, 6.07) is 5.26. The van der Waals surface area contributed by atoms with E-state index in [9.17, 15) is 5.11 Å². The van der Waals surface area contributed by atoms with Crippen molar-refractivity contribution in [3.05, 3.63) is 28.8 Å². The van der Waals surface area contributed by atoms with Gasteiger partial charge in [0.05, 0.1) is 6.10 Å². The van der Waals surface area contributed by atoms with Crippen molar-refractivity contribution < 1.29 is 9.84 Å². The summed E-state index contributed by atoms with van der Waals surface area (Å²) in [5, 5.41) is 10.8. The Morgan fingerprint density at radius 3 is 2.92 bits per heavy atom. The van der Waals surface area contributed by atoms with Crippen LogP contribution in [0.2, 0.25) is 0 Å². The van der Waals surface area contributed by atoms with Crippen molar-refractivity contribution in [3.63, 3.8) is 0 Å². The van der Waals surface area contributed by atoms with E-state index in [2.05, 4.69) is 24.0 Å². The Morgan fingerprint density at radius 2 is 2.12 bits per heavy atom. The summed E-state index contributed by atoms with van der Waals surface area (Å²) < 4.78 is 6.50. The van der Waals surface area contributed by atoms with E-state index in [4.69, 9.17) is 4.74 Å². The van der Waals surface area contributed by atoms with Gasteiger partial charge in [-0.2, -0.15) is 0 Å². The van der Waals surface area contributed by atoms with Crippen molar-refractivity contribution >= 4 is 0 Å². The molecule has 134 valence electrons. The fraction of sp³-hybridized carbons (Fsp3) is 0.727. The lowest BCUT2D eigenvalue weighted by atomic mass is 9.51. The Hall–Kier alpha value is -1.06. The minimum Gasteiger partial charge on any atom is -0.486 e. The Balaban J connectivity index is 1.48. The monoisotopic (exact) mass is 339 g/mol. The van der Waals surface area contributed by atoms with Crippen molar-refractivity contribution in [1.82, 2.24) is 4.90 Å². The van der Waals surface area contributed by atoms with Crippen LogP contribution in [-0.4, -0.2) is 41.3 Å². The van der Waals surface area contributed by atoms with E-state index >= 15 is 0 Å². The fourth-order valence-electron chi connectivity index (χ4n) is 6.98. The molecule has 1 aromatic carbocycles. The van der Waals surface area contributed by atoms with E-state index in [1.165, 1.54) is 68.3 Å². The summed E-state index contributed by atoms with van der Waals surface area (Å²) in [6.45, 7) is 4.67. The highest BCUT2D eigenvalue weighted by Gasteiger charge is 2.65. The quantitative estimate of drug-likeness (QED) is 0.898. The Kier molecular flexibility index (Phi) is 3.02. The maximum Gasteiger partial charge on any atom is 0.135 e. The van der Waals surface area contributed by atoms with E-state index in [0.717, 1.165) is 18.1 Å². The number of piperidine rings is 1. The minimum atomic E-state index is -0.298. The van der Waals surface area contributed by atoms with E-state index in [0.29, 0.717) is 12.0 Å². The molecule has 0 aromatic heterocycles. The molecule has 3 nitrogen and oxygen atoms in total. The Morgan fingerprint density at radius 1 is 1.24 bits per heavy atom. The maximum absolute atomic E-state index is 10.8. The summed E-state index contributed by atoms with van der Waals surface area (Å²) in [5.41, 5.74) is 4.36. The van der Waals surface area contributed by atoms with E-state index in [-0.39, 0.29) is 17.6 Å². The molecule has 6 rings (SSSR count). The van der Waals surface area contributed by atoms with Crippen LogP contribution in [0.1, 0.15) is 55.2 Å². The van der Waals surface area contributed by atoms with Gasteiger partial charge in [-0.05, 0) is 75.0 Å². The lowest BCUT2D eigenvalue weighted by molar-refractivity contribution is -0.107. The number of hydrogen-bond acceptors (Lipinski definition) is 3. The smallest absolute Gasteiger partial charge is 0.135 e. The SMILES string of the molecule is Cc1ccc2c3c1OC1[C@@H](O)CC[C@H]4[C@@H](C2)N(CC2CCC2)CC[C@]314. The number of likely N-dealkylation sites (tertiary alicyclic amines) is 1. The number of benzene rings is 1. The van der Waals surface area contributed by atoms with Gasteiger partial charge in [0.1, 0.15) is 11.9 Å². The second kappa shape index (κ2) is 5.01. The molecule has 2 bridgehead atoms. The molecule has 2 aliphatic heterocycles. The van der Waals surface area contributed by atoms with E-state index in [1.807, 2.05) is 0 Å². The topological polar surface area (TPSA) is 32.7 Å². The van der Waals surface area contributed by atoms with Crippen LogP contribution >= 0.6 is 0 Å². The zero-order chi connectivity index (χ0) is 16.8. The highest BCUT2D eigenvalue weighted by molar-refractivity contribution is 5.58. The summed E-state index contributed by atoms with van der Waals surface area (Å²) >= 11 is 0. The third-order valence-corrected chi connectivity index (χ3v) is 8.34. The zero-order valence-corrected chi connectivity index (χ0v) is 15.2. The number of nitrogens with zero attached hydrogens (tertiary/aromatic N) is 1. The van der Waals surface area contributed by atoms with Crippen molar-refractivity contribution in [2.45, 2.75) is 75.5 Å². The molecule has 1 spiro atoms. The molecule has 0 amide bonds. The molecular formula is C22H29NO2. The molecule has 3 aliphatic carbocycles. The normalized spacial score (nSPS) is 41.8. The molecule has 1 N–H and O–H groups in total. The van der Waals surface area contributed by atoms with Crippen LogP contribution in [0.15, 0.2) is 12.1 Å². The minimum absolute atomic E-state index is 0.00486. The lowest BCUT2D eigenvalue weighted by Gasteiger charge is -2.59. The van der Waals surface area contributed by atoms with E-state index in [1.54, 1.807) is 0 Å². The first-order valence-corrected chi connectivity index (χ1v) is 10.4. The highest BCUT2D eigenvalue weighted by atomic mass is 16.5. The summed E-state index contributed by atoms with van der Waals surface area (Å²) in [6.07, 6.45) is 8.44. The number of aryl methyl sites for hydroxylation is 1. The van der Waals surface area contributed by atoms with Crippen molar-refractivity contribution in [3.8, 4) is 5.75 Å². The van der Waals surface area contributed by atoms with Crippen molar-refractivity contribution in [2.24, 2.45) is 11.8 Å². The Labute approximate surface area is 150 Å². The van der Waals surface area contributed by atoms with Gasteiger partial charge in [0.2, 0.25) is 0 Å². The van der Waals surface area contributed by atoms with Crippen molar-refractivity contribution in [1.29, 1.82) is 0 Å². The van der Waals surface area contributed by atoms with Crippen LogP contribution in [0.3, 0.4) is 0 Å². The van der Waals surface area contributed by atoms with Gasteiger partial charge in [0, 0.05) is 23.6 Å². The van der Waals surface area contributed by atoms with Gasteiger partial charge < -0.3 is 9.84 Å². The summed E-state index contributed by atoms with van der Waals surface area (Å²) in [7, 11) is 0. The van der Waals surface area contributed by atoms with Gasteiger partial charge in [0.25, 0.3) is 0 Å². The first-order chi connectivity index (χ1) is 12.2. The van der Waals surface area contributed by atoms with Crippen LogP contribution in [0.4, 0.5) is 0 Å². The van der Waals surface area contributed by atoms with Crippen molar-refractivity contribution in [2.75, 3.05) is 13.1 Å². The summed E-state index contributed by atoms with van der Waals surface area (Å²) in [5.74, 6) is 2.73. The number of aliphatic hydroxyl groups is 1. The predicted molar refractivity (Wildman–Crippen MR) is 97.0 cm³/mol. The van der Waals surface area contributed by atoms with Gasteiger partial charge in [-0.25, -0.2) is 0 Å².